The Morgan fingerprint density at radius 2 is 1.75 bits per heavy atom. The summed E-state index contributed by atoms with van der Waals surface area (Å²) in [7, 11) is 0. The molecule has 1 aliphatic carbocycles. The van der Waals surface area contributed by atoms with Crippen LogP contribution in [0.3, 0.4) is 0 Å². The zero-order chi connectivity index (χ0) is 16.8. The monoisotopic (exact) mass is 328 g/mol. The topological polar surface area (TPSA) is 26.3 Å². The number of Topliss-reactive ketones (excluding diaryl/α,β-unsaturated/α-hetero) is 1. The Balaban J connectivity index is 1.57. The second kappa shape index (κ2) is 8.29. The van der Waals surface area contributed by atoms with Gasteiger partial charge in [-0.1, -0.05) is 62.8 Å². The van der Waals surface area contributed by atoms with E-state index in [2.05, 4.69) is 24.3 Å². The molecule has 1 aliphatic heterocycles. The van der Waals surface area contributed by atoms with Gasteiger partial charge >= 0.3 is 0 Å². The highest BCUT2D eigenvalue weighted by Crippen LogP contribution is 2.36. The maximum Gasteiger partial charge on any atom is 0.140 e. The van der Waals surface area contributed by atoms with Crippen LogP contribution >= 0.6 is 0 Å². The summed E-state index contributed by atoms with van der Waals surface area (Å²) in [5, 5.41) is 0. The van der Waals surface area contributed by atoms with Crippen LogP contribution in [0.2, 0.25) is 0 Å². The average molecular weight is 328 g/mol. The molecule has 0 amide bonds. The first-order valence-corrected chi connectivity index (χ1v) is 9.89. The first-order valence-electron chi connectivity index (χ1n) is 9.89. The van der Waals surface area contributed by atoms with Gasteiger partial charge in [0.15, 0.2) is 0 Å². The van der Waals surface area contributed by atoms with E-state index < -0.39 is 0 Å². The molecule has 1 aromatic carbocycles. The van der Waals surface area contributed by atoms with Gasteiger partial charge in [0.05, 0.1) is 5.41 Å². The van der Waals surface area contributed by atoms with Crippen LogP contribution in [0.4, 0.5) is 0 Å². The van der Waals surface area contributed by atoms with Gasteiger partial charge in [-0.2, -0.15) is 0 Å². The summed E-state index contributed by atoms with van der Waals surface area (Å²) >= 11 is 0. The van der Waals surface area contributed by atoms with Crippen molar-refractivity contribution in [3.05, 3.63) is 35.4 Å². The lowest BCUT2D eigenvalue weighted by Gasteiger charge is -2.35. The molecule has 0 N–H and O–H groups in total. The van der Waals surface area contributed by atoms with Gasteiger partial charge in [-0.25, -0.2) is 0 Å². The molecule has 2 nitrogen and oxygen atoms in total. The fraction of sp³-hybridized carbons (Fsp3) is 0.682. The van der Waals surface area contributed by atoms with Crippen LogP contribution in [0.5, 0.6) is 0 Å². The number of benzene rings is 1. The molecule has 2 heteroatoms. The van der Waals surface area contributed by atoms with E-state index in [4.69, 9.17) is 4.74 Å². The van der Waals surface area contributed by atoms with Crippen molar-refractivity contribution in [3.63, 3.8) is 0 Å². The van der Waals surface area contributed by atoms with Crippen LogP contribution < -0.4 is 0 Å². The number of hydrogen-bond acceptors (Lipinski definition) is 2. The zero-order valence-electron chi connectivity index (χ0n) is 15.2. The van der Waals surface area contributed by atoms with Crippen LogP contribution in [0.1, 0.15) is 75.8 Å². The Morgan fingerprint density at radius 1 is 1.08 bits per heavy atom. The van der Waals surface area contributed by atoms with Crippen molar-refractivity contribution in [1.29, 1.82) is 0 Å². The Hall–Kier alpha value is -1.15. The third-order valence-electron chi connectivity index (χ3n) is 6.33. The summed E-state index contributed by atoms with van der Waals surface area (Å²) in [6.07, 6.45) is 12.7. The Labute approximate surface area is 147 Å². The number of carbonyl (C=O) groups excluding carboxylic acids is 1. The van der Waals surface area contributed by atoms with Gasteiger partial charge in [0.2, 0.25) is 0 Å². The molecule has 132 valence electrons. The molecule has 2 aliphatic rings. The molecule has 1 heterocycles. The molecule has 1 aromatic rings. The van der Waals surface area contributed by atoms with Crippen LogP contribution in [-0.4, -0.2) is 19.0 Å². The molecule has 0 aromatic heterocycles. The summed E-state index contributed by atoms with van der Waals surface area (Å²) in [6.45, 7) is 3.13. The highest BCUT2D eigenvalue weighted by atomic mass is 16.5. The smallest absolute Gasteiger partial charge is 0.140 e. The molecule has 0 atom stereocenters. The van der Waals surface area contributed by atoms with Crippen molar-refractivity contribution >= 4 is 5.78 Å². The molecule has 3 rings (SSSR count). The summed E-state index contributed by atoms with van der Waals surface area (Å²) < 4.78 is 5.48. The van der Waals surface area contributed by atoms with Crippen LogP contribution in [0.15, 0.2) is 24.3 Å². The zero-order valence-corrected chi connectivity index (χ0v) is 15.2. The van der Waals surface area contributed by atoms with Gasteiger partial charge in [0.25, 0.3) is 0 Å². The second-order valence-corrected chi connectivity index (χ2v) is 7.84. The van der Waals surface area contributed by atoms with E-state index in [-0.39, 0.29) is 11.2 Å². The molecule has 2 fully saturated rings. The fourth-order valence-electron chi connectivity index (χ4n) is 4.62. The maximum absolute atomic E-state index is 12.3. The minimum Gasteiger partial charge on any atom is -0.381 e. The lowest BCUT2D eigenvalue weighted by molar-refractivity contribution is -0.126. The molecule has 0 unspecified atom stereocenters. The van der Waals surface area contributed by atoms with E-state index in [1.807, 2.05) is 0 Å². The van der Waals surface area contributed by atoms with E-state index in [9.17, 15) is 4.79 Å². The quantitative estimate of drug-likeness (QED) is 0.715. The minimum absolute atomic E-state index is 0.288. The number of ether oxygens (including phenoxy) is 1. The standard InChI is InChI=1S/C22H32O2/c1-18(23)22(14-16-24-17-15-22)21-12-10-20(11-13-21)9-5-8-19-6-3-2-4-7-19/h10-13,19H,2-9,14-17H2,1H3. The number of hydrogen-bond donors (Lipinski definition) is 0. The largest absolute Gasteiger partial charge is 0.381 e. The van der Waals surface area contributed by atoms with Gasteiger partial charge in [0.1, 0.15) is 5.78 Å². The Bertz CT molecular complexity index is 519. The number of aryl methyl sites for hydroxylation is 1. The Kier molecular flexibility index (Phi) is 6.10. The molecule has 0 bridgehead atoms. The summed E-state index contributed by atoms with van der Waals surface area (Å²) in [5.74, 6) is 1.26. The number of carbonyl (C=O) groups is 1. The van der Waals surface area contributed by atoms with Crippen LogP contribution in [-0.2, 0) is 21.4 Å². The van der Waals surface area contributed by atoms with Crippen molar-refractivity contribution in [2.24, 2.45) is 5.92 Å². The van der Waals surface area contributed by atoms with E-state index in [0.717, 1.165) is 18.8 Å². The number of rotatable bonds is 6. The van der Waals surface area contributed by atoms with Crippen molar-refractivity contribution in [3.8, 4) is 0 Å². The van der Waals surface area contributed by atoms with E-state index in [1.54, 1.807) is 6.92 Å². The highest BCUT2D eigenvalue weighted by molar-refractivity contribution is 5.88. The van der Waals surface area contributed by atoms with Gasteiger partial charge in [-0.3, -0.25) is 4.79 Å². The van der Waals surface area contributed by atoms with Gasteiger partial charge in [-0.15, -0.1) is 0 Å². The minimum atomic E-state index is -0.307. The predicted molar refractivity (Wildman–Crippen MR) is 98.4 cm³/mol. The van der Waals surface area contributed by atoms with E-state index in [0.29, 0.717) is 13.2 Å². The SMILES string of the molecule is CC(=O)C1(c2ccc(CCCC3CCCCC3)cc2)CCOCC1. The van der Waals surface area contributed by atoms with E-state index >= 15 is 0 Å². The lowest BCUT2D eigenvalue weighted by Crippen LogP contribution is -2.40. The molecule has 0 spiro atoms. The van der Waals surface area contributed by atoms with Gasteiger partial charge in [-0.05, 0) is 49.7 Å². The normalized spacial score (nSPS) is 21.5. The lowest BCUT2D eigenvalue weighted by atomic mass is 9.71. The molecular weight excluding hydrogens is 296 g/mol. The third-order valence-corrected chi connectivity index (χ3v) is 6.33. The number of ketones is 1. The van der Waals surface area contributed by atoms with Crippen LogP contribution in [0, 0.1) is 5.92 Å². The summed E-state index contributed by atoms with van der Waals surface area (Å²) in [4.78, 5) is 12.3. The van der Waals surface area contributed by atoms with Crippen molar-refractivity contribution in [2.75, 3.05) is 13.2 Å². The molecule has 24 heavy (non-hydrogen) atoms. The first-order chi connectivity index (χ1) is 11.7. The molecule has 0 radical (unpaired) electrons. The highest BCUT2D eigenvalue weighted by Gasteiger charge is 2.38. The van der Waals surface area contributed by atoms with Crippen molar-refractivity contribution in [2.45, 2.75) is 76.5 Å². The molecule has 1 saturated heterocycles. The predicted octanol–water partition coefficient (Wildman–Crippen LogP) is 5.23. The Morgan fingerprint density at radius 3 is 2.38 bits per heavy atom. The van der Waals surface area contributed by atoms with Crippen LogP contribution in [0.25, 0.3) is 0 Å². The van der Waals surface area contributed by atoms with Crippen molar-refractivity contribution in [1.82, 2.24) is 0 Å². The average Bonchev–Trinajstić information content (AvgIpc) is 2.64. The third kappa shape index (κ3) is 4.08. The van der Waals surface area contributed by atoms with E-state index in [1.165, 1.54) is 62.5 Å². The summed E-state index contributed by atoms with van der Waals surface area (Å²) in [5.41, 5.74) is 2.30. The fourth-order valence-corrected chi connectivity index (χ4v) is 4.62. The van der Waals surface area contributed by atoms with Crippen molar-refractivity contribution < 1.29 is 9.53 Å². The second-order valence-electron chi connectivity index (χ2n) is 7.84. The maximum atomic E-state index is 12.3. The van der Waals surface area contributed by atoms with Gasteiger partial charge in [0, 0.05) is 13.2 Å². The first kappa shape index (κ1) is 17.7. The summed E-state index contributed by atoms with van der Waals surface area (Å²) in [6, 6.07) is 8.89. The van der Waals surface area contributed by atoms with Gasteiger partial charge < -0.3 is 4.74 Å². The molecule has 1 saturated carbocycles. The molecular formula is C22H32O2.